The van der Waals surface area contributed by atoms with Crippen LogP contribution in [0.15, 0.2) is 35.6 Å². The number of allylic oxidation sites excluding steroid dienone is 1. The number of aromatic amines is 1. The summed E-state index contributed by atoms with van der Waals surface area (Å²) in [6, 6.07) is 7.72. The number of H-pyrrole nitrogens is 1. The van der Waals surface area contributed by atoms with E-state index >= 15 is 0 Å². The molecule has 0 saturated carbocycles. The van der Waals surface area contributed by atoms with Gasteiger partial charge in [0.1, 0.15) is 5.82 Å². The van der Waals surface area contributed by atoms with Gasteiger partial charge in [0.2, 0.25) is 17.8 Å². The number of carbonyl (C=O) groups excluding carboxylic acids is 2. The van der Waals surface area contributed by atoms with Crippen molar-refractivity contribution in [3.05, 3.63) is 52.3 Å². The van der Waals surface area contributed by atoms with Crippen LogP contribution in [0.2, 0.25) is 0 Å². The van der Waals surface area contributed by atoms with Crippen LogP contribution in [-0.4, -0.2) is 33.9 Å². The quantitative estimate of drug-likeness (QED) is 0.680. The van der Waals surface area contributed by atoms with Crippen LogP contribution in [0.3, 0.4) is 0 Å². The minimum Gasteiger partial charge on any atom is -0.337 e. The number of hydrogen-bond acceptors (Lipinski definition) is 5. The van der Waals surface area contributed by atoms with Crippen LogP contribution in [0.4, 0.5) is 17.5 Å². The first-order chi connectivity index (χ1) is 15.2. The van der Waals surface area contributed by atoms with E-state index in [9.17, 15) is 14.4 Å². The van der Waals surface area contributed by atoms with E-state index in [1.165, 1.54) is 0 Å². The van der Waals surface area contributed by atoms with E-state index in [0.29, 0.717) is 11.6 Å². The number of piperidine rings is 1. The summed E-state index contributed by atoms with van der Waals surface area (Å²) in [5.74, 6) is -1.06. The first-order valence-electron chi connectivity index (χ1n) is 11.0. The summed E-state index contributed by atoms with van der Waals surface area (Å²) in [5, 5.41) is 5.51. The van der Waals surface area contributed by atoms with Gasteiger partial charge < -0.3 is 15.5 Å². The van der Waals surface area contributed by atoms with Gasteiger partial charge in [-0.1, -0.05) is 24.3 Å². The minimum absolute atomic E-state index is 0.108. The molecule has 0 bridgehead atoms. The Bertz CT molecular complexity index is 1110. The number of hydrogen-bond donors (Lipinski definition) is 3. The second kappa shape index (κ2) is 8.61. The van der Waals surface area contributed by atoms with E-state index in [1.807, 2.05) is 19.1 Å². The number of amides is 2. The number of fused-ring (bicyclic) bond motifs is 1. The number of aromatic nitrogens is 2. The molecule has 0 radical (unpaired) electrons. The molecule has 4 rings (SSSR count). The number of anilines is 3. The first kappa shape index (κ1) is 21.8. The molecular formula is C24H29N5O3. The Labute approximate surface area is 187 Å². The first-order valence-corrected chi connectivity index (χ1v) is 11.0. The molecule has 8 heteroatoms. The fourth-order valence-corrected chi connectivity index (χ4v) is 4.61. The highest BCUT2D eigenvalue weighted by Crippen LogP contribution is 2.32. The van der Waals surface area contributed by atoms with Crippen molar-refractivity contribution in [2.24, 2.45) is 0 Å². The van der Waals surface area contributed by atoms with Crippen molar-refractivity contribution in [2.45, 2.75) is 64.5 Å². The van der Waals surface area contributed by atoms with Gasteiger partial charge in [-0.2, -0.15) is 4.98 Å². The van der Waals surface area contributed by atoms with Crippen molar-refractivity contribution < 1.29 is 9.59 Å². The maximum atomic E-state index is 13.1. The highest BCUT2D eigenvalue weighted by Gasteiger charge is 2.36. The number of rotatable bonds is 4. The van der Waals surface area contributed by atoms with Crippen molar-refractivity contribution in [3.8, 4) is 0 Å². The van der Waals surface area contributed by atoms with Gasteiger partial charge in [-0.25, -0.2) is 0 Å². The average molecular weight is 436 g/mol. The van der Waals surface area contributed by atoms with Crippen LogP contribution in [0.25, 0.3) is 5.57 Å². The smallest absolute Gasteiger partial charge is 0.258 e. The number of nitrogens with one attached hydrogen (secondary N) is 3. The van der Waals surface area contributed by atoms with E-state index in [4.69, 9.17) is 0 Å². The Balaban J connectivity index is 1.64. The summed E-state index contributed by atoms with van der Waals surface area (Å²) >= 11 is 0. The molecule has 0 spiro atoms. The molecule has 3 heterocycles. The summed E-state index contributed by atoms with van der Waals surface area (Å²) in [6.45, 7) is 10.0. The predicted octanol–water partition coefficient (Wildman–Crippen LogP) is 3.63. The molecule has 1 aromatic carbocycles. The summed E-state index contributed by atoms with van der Waals surface area (Å²) in [5.41, 5.74) is 2.28. The van der Waals surface area contributed by atoms with Crippen LogP contribution in [0.1, 0.15) is 63.5 Å². The Kier molecular flexibility index (Phi) is 5.86. The number of carbonyl (C=O) groups is 2. The van der Waals surface area contributed by atoms with Crippen molar-refractivity contribution in [1.82, 2.24) is 9.97 Å². The van der Waals surface area contributed by atoms with E-state index in [0.717, 1.165) is 30.4 Å². The van der Waals surface area contributed by atoms with Crippen LogP contribution >= 0.6 is 0 Å². The predicted molar refractivity (Wildman–Crippen MR) is 126 cm³/mol. The Morgan fingerprint density at radius 3 is 2.44 bits per heavy atom. The SMILES string of the molecule is C=C(C)c1ccc(NC(=O)[C@H]2CC(=O)Nc3nc(N4[C@H](C)CCC[C@@H]4C)[nH]c(=O)c32)cc1. The van der Waals surface area contributed by atoms with Crippen molar-refractivity contribution in [3.63, 3.8) is 0 Å². The number of nitrogens with zero attached hydrogens (tertiary/aromatic N) is 2. The van der Waals surface area contributed by atoms with Gasteiger partial charge in [0, 0.05) is 24.2 Å². The summed E-state index contributed by atoms with van der Waals surface area (Å²) in [7, 11) is 0. The molecule has 3 N–H and O–H groups in total. The molecule has 2 amide bonds. The molecule has 1 fully saturated rings. The maximum absolute atomic E-state index is 13.1. The monoisotopic (exact) mass is 435 g/mol. The molecular weight excluding hydrogens is 406 g/mol. The van der Waals surface area contributed by atoms with E-state index in [-0.39, 0.29) is 35.8 Å². The number of benzene rings is 1. The largest absolute Gasteiger partial charge is 0.337 e. The van der Waals surface area contributed by atoms with Crippen molar-refractivity contribution >= 4 is 34.8 Å². The van der Waals surface area contributed by atoms with Gasteiger partial charge in [0.05, 0.1) is 11.5 Å². The highest BCUT2D eigenvalue weighted by molar-refractivity contribution is 6.04. The fraction of sp³-hybridized carbons (Fsp3) is 0.417. The third kappa shape index (κ3) is 4.17. The van der Waals surface area contributed by atoms with E-state index in [1.54, 1.807) is 12.1 Å². The zero-order chi connectivity index (χ0) is 23.0. The highest BCUT2D eigenvalue weighted by atomic mass is 16.2. The third-order valence-corrected chi connectivity index (χ3v) is 6.34. The summed E-state index contributed by atoms with van der Waals surface area (Å²) in [6.07, 6.45) is 3.03. The second-order valence-corrected chi connectivity index (χ2v) is 8.84. The zero-order valence-electron chi connectivity index (χ0n) is 18.7. The minimum atomic E-state index is -0.916. The van der Waals surface area contributed by atoms with Gasteiger partial charge in [-0.15, -0.1) is 0 Å². The molecule has 0 aliphatic carbocycles. The molecule has 1 aromatic heterocycles. The molecule has 0 unspecified atom stereocenters. The van der Waals surface area contributed by atoms with Gasteiger partial charge in [-0.3, -0.25) is 19.4 Å². The van der Waals surface area contributed by atoms with Crippen LogP contribution in [0, 0.1) is 0 Å². The zero-order valence-corrected chi connectivity index (χ0v) is 18.7. The molecule has 2 aromatic rings. The standard InChI is InChI=1S/C24H29N5O3/c1-13(2)16-8-10-17(11-9-16)25-22(31)18-12-19(30)26-21-20(18)23(32)28-24(27-21)29-14(3)6-5-7-15(29)4/h8-11,14-15,18H,1,5-7,12H2,2-4H3,(H,25,31)(H2,26,27,28,30,32)/t14-,15+,18-/m0/s1. The molecule has 2 aliphatic rings. The Hall–Kier alpha value is -3.42. The molecule has 1 saturated heterocycles. The van der Waals surface area contributed by atoms with Gasteiger partial charge in [0.15, 0.2) is 0 Å². The van der Waals surface area contributed by atoms with E-state index in [2.05, 4.69) is 45.9 Å². The molecule has 168 valence electrons. The van der Waals surface area contributed by atoms with Gasteiger partial charge in [-0.05, 0) is 57.7 Å². The van der Waals surface area contributed by atoms with E-state index < -0.39 is 17.4 Å². The Morgan fingerprint density at radius 1 is 1.16 bits per heavy atom. The average Bonchev–Trinajstić information content (AvgIpc) is 2.73. The van der Waals surface area contributed by atoms with Gasteiger partial charge in [0.25, 0.3) is 5.56 Å². The lowest BCUT2D eigenvalue weighted by atomic mass is 9.92. The van der Waals surface area contributed by atoms with Crippen molar-refractivity contribution in [2.75, 3.05) is 15.5 Å². The molecule has 8 nitrogen and oxygen atoms in total. The lowest BCUT2D eigenvalue weighted by Crippen LogP contribution is -2.46. The fourth-order valence-electron chi connectivity index (χ4n) is 4.61. The third-order valence-electron chi connectivity index (χ3n) is 6.34. The topological polar surface area (TPSA) is 107 Å². The van der Waals surface area contributed by atoms with Gasteiger partial charge >= 0.3 is 0 Å². The summed E-state index contributed by atoms with van der Waals surface area (Å²) in [4.78, 5) is 48.0. The lowest BCUT2D eigenvalue weighted by molar-refractivity contribution is -0.123. The second-order valence-electron chi connectivity index (χ2n) is 8.84. The van der Waals surface area contributed by atoms with Crippen LogP contribution in [0.5, 0.6) is 0 Å². The van der Waals surface area contributed by atoms with Crippen LogP contribution < -0.4 is 21.1 Å². The normalized spacial score (nSPS) is 22.7. The molecule has 3 atom stereocenters. The maximum Gasteiger partial charge on any atom is 0.258 e. The summed E-state index contributed by atoms with van der Waals surface area (Å²) < 4.78 is 0. The Morgan fingerprint density at radius 2 is 1.81 bits per heavy atom. The van der Waals surface area contributed by atoms with Crippen molar-refractivity contribution in [1.29, 1.82) is 0 Å². The lowest BCUT2D eigenvalue weighted by Gasteiger charge is -2.39. The van der Waals surface area contributed by atoms with Crippen LogP contribution in [-0.2, 0) is 9.59 Å². The molecule has 2 aliphatic heterocycles. The molecule has 32 heavy (non-hydrogen) atoms.